The van der Waals surface area contributed by atoms with Crippen LogP contribution in [0.2, 0.25) is 0 Å². The average molecular weight is 177 g/mol. The maximum atomic E-state index is 10.2. The summed E-state index contributed by atoms with van der Waals surface area (Å²) in [7, 11) is 0. The lowest BCUT2D eigenvalue weighted by molar-refractivity contribution is 0.0286. The summed E-state index contributed by atoms with van der Waals surface area (Å²) in [5, 5.41) is 10.2. The Morgan fingerprint density at radius 3 is 2.77 bits per heavy atom. The van der Waals surface area contributed by atoms with Crippen LogP contribution in [0.15, 0.2) is 18.3 Å². The van der Waals surface area contributed by atoms with Gasteiger partial charge in [0.05, 0.1) is 5.69 Å². The molecule has 0 amide bonds. The van der Waals surface area contributed by atoms with E-state index in [9.17, 15) is 5.11 Å². The van der Waals surface area contributed by atoms with E-state index in [0.29, 0.717) is 5.92 Å². The third kappa shape index (κ3) is 1.59. The first-order chi connectivity index (χ1) is 6.10. The van der Waals surface area contributed by atoms with Gasteiger partial charge in [-0.2, -0.15) is 0 Å². The predicted octanol–water partition coefficient (Wildman–Crippen LogP) is 2.01. The van der Waals surface area contributed by atoms with E-state index in [1.807, 2.05) is 26.0 Å². The van der Waals surface area contributed by atoms with Crippen LogP contribution in [0, 0.1) is 12.8 Å². The molecule has 1 atom stereocenters. The fourth-order valence-corrected chi connectivity index (χ4v) is 1.67. The Labute approximate surface area is 78.6 Å². The Morgan fingerprint density at radius 2 is 2.23 bits per heavy atom. The fourth-order valence-electron chi connectivity index (χ4n) is 1.67. The second-order valence-electron chi connectivity index (χ2n) is 4.14. The molecule has 13 heavy (non-hydrogen) atoms. The molecule has 0 bridgehead atoms. The van der Waals surface area contributed by atoms with Crippen molar-refractivity contribution < 1.29 is 5.11 Å². The molecular weight excluding hydrogens is 162 g/mol. The lowest BCUT2D eigenvalue weighted by atomic mass is 9.95. The zero-order valence-electron chi connectivity index (χ0n) is 8.12. The second-order valence-corrected chi connectivity index (χ2v) is 4.14. The fraction of sp³-hybridized carbons (Fsp3) is 0.545. The van der Waals surface area contributed by atoms with Crippen LogP contribution in [-0.4, -0.2) is 10.1 Å². The monoisotopic (exact) mass is 177 g/mol. The van der Waals surface area contributed by atoms with E-state index in [1.165, 1.54) is 0 Å². The number of nitrogens with zero attached hydrogens (tertiary/aromatic N) is 1. The molecule has 1 fully saturated rings. The smallest absolute Gasteiger partial charge is 0.106 e. The Hall–Kier alpha value is -0.890. The van der Waals surface area contributed by atoms with Crippen molar-refractivity contribution in [3.63, 3.8) is 0 Å². The van der Waals surface area contributed by atoms with E-state index in [-0.39, 0.29) is 0 Å². The normalized spacial score (nSPS) is 21.2. The molecule has 1 heterocycles. The van der Waals surface area contributed by atoms with E-state index in [4.69, 9.17) is 0 Å². The predicted molar refractivity (Wildman–Crippen MR) is 51.3 cm³/mol. The van der Waals surface area contributed by atoms with E-state index in [0.717, 1.165) is 24.1 Å². The molecule has 1 aliphatic carbocycles. The number of pyridine rings is 1. The van der Waals surface area contributed by atoms with E-state index in [2.05, 4.69) is 4.98 Å². The number of aryl methyl sites for hydroxylation is 1. The number of aromatic nitrogens is 1. The van der Waals surface area contributed by atoms with Crippen molar-refractivity contribution in [1.29, 1.82) is 0 Å². The standard InChI is InChI=1S/C11H15NO/c1-8-5-6-12-10(7-8)11(2,13)9-3-4-9/h5-7,9,13H,3-4H2,1-2H3. The SMILES string of the molecule is Cc1ccnc(C(C)(O)C2CC2)c1. The summed E-state index contributed by atoms with van der Waals surface area (Å²) in [6, 6.07) is 3.92. The lowest BCUT2D eigenvalue weighted by Gasteiger charge is -2.22. The van der Waals surface area contributed by atoms with E-state index < -0.39 is 5.60 Å². The molecule has 1 N–H and O–H groups in total. The summed E-state index contributed by atoms with van der Waals surface area (Å²) in [6.45, 7) is 3.89. The van der Waals surface area contributed by atoms with Crippen molar-refractivity contribution in [3.8, 4) is 0 Å². The Balaban J connectivity index is 2.33. The van der Waals surface area contributed by atoms with Gasteiger partial charge < -0.3 is 5.11 Å². The summed E-state index contributed by atoms with van der Waals surface area (Å²) in [5.41, 5.74) is 1.26. The molecule has 2 heteroatoms. The van der Waals surface area contributed by atoms with E-state index in [1.54, 1.807) is 6.20 Å². The third-order valence-electron chi connectivity index (χ3n) is 2.81. The van der Waals surface area contributed by atoms with E-state index >= 15 is 0 Å². The zero-order chi connectivity index (χ0) is 9.47. The molecule has 70 valence electrons. The Bertz CT molecular complexity index is 316. The van der Waals surface area contributed by atoms with Gasteiger partial charge in [0.25, 0.3) is 0 Å². The topological polar surface area (TPSA) is 33.1 Å². The van der Waals surface area contributed by atoms with Gasteiger partial charge in [0, 0.05) is 6.20 Å². The van der Waals surface area contributed by atoms with Crippen LogP contribution >= 0.6 is 0 Å². The summed E-state index contributed by atoms with van der Waals surface area (Å²) in [4.78, 5) is 4.22. The van der Waals surface area contributed by atoms with Crippen molar-refractivity contribution in [1.82, 2.24) is 4.98 Å². The van der Waals surface area contributed by atoms with Gasteiger partial charge in [0.15, 0.2) is 0 Å². The summed E-state index contributed by atoms with van der Waals surface area (Å²) in [6.07, 6.45) is 4.02. The van der Waals surface area contributed by atoms with Crippen LogP contribution in [0.25, 0.3) is 0 Å². The highest BCUT2D eigenvalue weighted by Gasteiger charge is 2.42. The quantitative estimate of drug-likeness (QED) is 0.749. The van der Waals surface area contributed by atoms with Gasteiger partial charge in [-0.3, -0.25) is 4.98 Å². The molecule has 2 nitrogen and oxygen atoms in total. The van der Waals surface area contributed by atoms with Crippen LogP contribution in [0.4, 0.5) is 0 Å². The minimum absolute atomic E-state index is 0.418. The molecule has 0 aromatic carbocycles. The molecule has 0 saturated heterocycles. The van der Waals surface area contributed by atoms with Crippen molar-refractivity contribution in [2.45, 2.75) is 32.3 Å². The third-order valence-corrected chi connectivity index (χ3v) is 2.81. The molecule has 1 saturated carbocycles. The van der Waals surface area contributed by atoms with Gasteiger partial charge in [-0.25, -0.2) is 0 Å². The van der Waals surface area contributed by atoms with Crippen LogP contribution in [-0.2, 0) is 5.60 Å². The number of rotatable bonds is 2. The van der Waals surface area contributed by atoms with Crippen LogP contribution in [0.5, 0.6) is 0 Å². The van der Waals surface area contributed by atoms with Gasteiger partial charge in [-0.05, 0) is 50.3 Å². The van der Waals surface area contributed by atoms with Gasteiger partial charge >= 0.3 is 0 Å². The molecule has 2 rings (SSSR count). The van der Waals surface area contributed by atoms with Crippen molar-refractivity contribution in [3.05, 3.63) is 29.6 Å². The summed E-state index contributed by atoms with van der Waals surface area (Å²) < 4.78 is 0. The first kappa shape index (κ1) is 8.70. The summed E-state index contributed by atoms with van der Waals surface area (Å²) in [5.74, 6) is 0.418. The molecule has 1 unspecified atom stereocenters. The highest BCUT2D eigenvalue weighted by molar-refractivity contribution is 5.21. The van der Waals surface area contributed by atoms with Gasteiger partial charge in [-0.15, -0.1) is 0 Å². The highest BCUT2D eigenvalue weighted by Crippen LogP contribution is 2.44. The maximum absolute atomic E-state index is 10.2. The zero-order valence-corrected chi connectivity index (χ0v) is 8.12. The molecule has 1 aromatic heterocycles. The van der Waals surface area contributed by atoms with Gasteiger partial charge in [0.1, 0.15) is 5.60 Å². The van der Waals surface area contributed by atoms with Gasteiger partial charge in [-0.1, -0.05) is 0 Å². The van der Waals surface area contributed by atoms with Crippen LogP contribution < -0.4 is 0 Å². The number of hydrogen-bond donors (Lipinski definition) is 1. The Kier molecular flexibility index (Phi) is 1.88. The molecule has 0 spiro atoms. The van der Waals surface area contributed by atoms with Crippen molar-refractivity contribution >= 4 is 0 Å². The lowest BCUT2D eigenvalue weighted by Crippen LogP contribution is -2.25. The number of hydrogen-bond acceptors (Lipinski definition) is 2. The summed E-state index contributed by atoms with van der Waals surface area (Å²) >= 11 is 0. The first-order valence-electron chi connectivity index (χ1n) is 4.76. The van der Waals surface area contributed by atoms with Gasteiger partial charge in [0.2, 0.25) is 0 Å². The van der Waals surface area contributed by atoms with Crippen molar-refractivity contribution in [2.75, 3.05) is 0 Å². The minimum atomic E-state index is -0.716. The average Bonchev–Trinajstić information content (AvgIpc) is 2.86. The minimum Gasteiger partial charge on any atom is -0.384 e. The maximum Gasteiger partial charge on any atom is 0.106 e. The second kappa shape index (κ2) is 2.81. The largest absolute Gasteiger partial charge is 0.384 e. The Morgan fingerprint density at radius 1 is 1.54 bits per heavy atom. The first-order valence-corrected chi connectivity index (χ1v) is 4.76. The van der Waals surface area contributed by atoms with Crippen LogP contribution in [0.3, 0.4) is 0 Å². The van der Waals surface area contributed by atoms with Crippen LogP contribution in [0.1, 0.15) is 31.0 Å². The number of aliphatic hydroxyl groups is 1. The molecule has 1 aliphatic rings. The highest BCUT2D eigenvalue weighted by atomic mass is 16.3. The molecule has 0 aliphatic heterocycles. The molecular formula is C11H15NO. The molecule has 0 radical (unpaired) electrons. The van der Waals surface area contributed by atoms with Crippen molar-refractivity contribution in [2.24, 2.45) is 5.92 Å². The molecule has 1 aromatic rings.